The summed E-state index contributed by atoms with van der Waals surface area (Å²) in [5.74, 6) is 0. The van der Waals surface area contributed by atoms with Gasteiger partial charge >= 0.3 is 0 Å². The van der Waals surface area contributed by atoms with Crippen LogP contribution in [0.4, 0.5) is 0 Å². The van der Waals surface area contributed by atoms with Gasteiger partial charge in [0.15, 0.2) is 6.10 Å². The van der Waals surface area contributed by atoms with E-state index in [4.69, 9.17) is 4.74 Å². The highest BCUT2D eigenvalue weighted by atomic mass is 16.5. The molecule has 1 saturated heterocycles. The molecular weight excluding hydrogens is 188 g/mol. The molecule has 14 heavy (non-hydrogen) atoms. The first-order valence-corrected chi connectivity index (χ1v) is 4.90. The molecule has 0 aromatic heterocycles. The third kappa shape index (κ3) is 2.41. The van der Waals surface area contributed by atoms with Crippen molar-refractivity contribution in [1.29, 1.82) is 0 Å². The summed E-state index contributed by atoms with van der Waals surface area (Å²) in [6.45, 7) is 3.11. The molecule has 0 aromatic carbocycles. The number of quaternary nitrogens is 2. The van der Waals surface area contributed by atoms with Crippen molar-refractivity contribution < 1.29 is 31.1 Å². The van der Waals surface area contributed by atoms with Crippen molar-refractivity contribution in [1.82, 2.24) is 0 Å². The van der Waals surface area contributed by atoms with Gasteiger partial charge in [-0.05, 0) is 6.92 Å². The first kappa shape index (κ1) is 11.8. The molecule has 6 heteroatoms. The van der Waals surface area contributed by atoms with Gasteiger partial charge in [-0.15, -0.1) is 0 Å². The van der Waals surface area contributed by atoms with Crippen molar-refractivity contribution in [2.45, 2.75) is 37.6 Å². The van der Waals surface area contributed by atoms with E-state index in [1.807, 2.05) is 0 Å². The van der Waals surface area contributed by atoms with E-state index in [9.17, 15) is 15.3 Å². The summed E-state index contributed by atoms with van der Waals surface area (Å²) >= 11 is 0. The maximum Gasteiger partial charge on any atom is 0.219 e. The molecule has 0 unspecified atom stereocenters. The van der Waals surface area contributed by atoms with Crippen molar-refractivity contribution in [2.24, 2.45) is 0 Å². The second-order valence-corrected chi connectivity index (χ2v) is 3.66. The van der Waals surface area contributed by atoms with E-state index in [2.05, 4.69) is 5.73 Å². The van der Waals surface area contributed by atoms with Gasteiger partial charge in [0.2, 0.25) is 6.23 Å². The van der Waals surface area contributed by atoms with Gasteiger partial charge in [-0.3, -0.25) is 0 Å². The number of nitrogens with two attached hydrogens (primary N) is 1. The van der Waals surface area contributed by atoms with Crippen LogP contribution in [0.1, 0.15) is 6.92 Å². The van der Waals surface area contributed by atoms with Gasteiger partial charge < -0.3 is 31.1 Å². The molecule has 1 heterocycles. The third-order valence-electron chi connectivity index (χ3n) is 2.49. The summed E-state index contributed by atoms with van der Waals surface area (Å²) in [5, 5.41) is 30.2. The Hall–Kier alpha value is -0.240. The molecule has 0 amide bonds. The molecule has 5 atom stereocenters. The number of rotatable bonds is 3. The standard InChI is InChI=1S/C8H18N2O4/c1-4-5(11)6(12)7(13)8(14-4)10-3-2-9/h4-8,10-13H,2-3,9H2,1H3/p+2/t4-,5+,6-,7-,8+/m0/s1. The fourth-order valence-corrected chi connectivity index (χ4v) is 1.56. The van der Waals surface area contributed by atoms with Crippen LogP contribution in [0.25, 0.3) is 0 Å². The van der Waals surface area contributed by atoms with Crippen LogP contribution in [0.3, 0.4) is 0 Å². The first-order valence-electron chi connectivity index (χ1n) is 4.90. The van der Waals surface area contributed by atoms with Gasteiger partial charge in [0.1, 0.15) is 25.3 Å². The Morgan fingerprint density at radius 2 is 1.86 bits per heavy atom. The summed E-state index contributed by atoms with van der Waals surface area (Å²) in [5.41, 5.74) is 3.67. The molecule has 1 aliphatic heterocycles. The lowest BCUT2D eigenvalue weighted by molar-refractivity contribution is -0.751. The quantitative estimate of drug-likeness (QED) is 0.322. The molecule has 0 aliphatic carbocycles. The Kier molecular flexibility index (Phi) is 4.24. The zero-order valence-electron chi connectivity index (χ0n) is 8.34. The highest BCUT2D eigenvalue weighted by Gasteiger charge is 2.43. The third-order valence-corrected chi connectivity index (χ3v) is 2.49. The van der Waals surface area contributed by atoms with Crippen molar-refractivity contribution >= 4 is 0 Å². The minimum absolute atomic E-state index is 0.459. The van der Waals surface area contributed by atoms with Gasteiger partial charge in [0, 0.05) is 0 Å². The number of aliphatic hydroxyl groups is 3. The predicted octanol–water partition coefficient (Wildman–Crippen LogP) is -4.38. The fraction of sp³-hybridized carbons (Fsp3) is 1.00. The predicted molar refractivity (Wildman–Crippen MR) is 46.9 cm³/mol. The fourth-order valence-electron chi connectivity index (χ4n) is 1.56. The molecule has 0 bridgehead atoms. The zero-order chi connectivity index (χ0) is 10.7. The summed E-state index contributed by atoms with van der Waals surface area (Å²) in [6, 6.07) is 0. The lowest BCUT2D eigenvalue weighted by Crippen LogP contribution is -2.97. The Morgan fingerprint density at radius 3 is 2.43 bits per heavy atom. The minimum atomic E-state index is -1.13. The molecule has 84 valence electrons. The monoisotopic (exact) mass is 208 g/mol. The molecule has 6 nitrogen and oxygen atoms in total. The molecule has 0 radical (unpaired) electrons. The Bertz CT molecular complexity index is 181. The Morgan fingerprint density at radius 1 is 1.21 bits per heavy atom. The first-order chi connectivity index (χ1) is 6.57. The summed E-state index contributed by atoms with van der Waals surface area (Å²) < 4.78 is 5.34. The van der Waals surface area contributed by atoms with Crippen molar-refractivity contribution in [3.8, 4) is 0 Å². The van der Waals surface area contributed by atoms with Crippen molar-refractivity contribution in [3.05, 3.63) is 0 Å². The van der Waals surface area contributed by atoms with Gasteiger partial charge in [-0.2, -0.15) is 0 Å². The SMILES string of the molecule is C[C@@H]1O[C@@H]([NH2+]CC[NH3+])[C@@H](O)[C@@H](O)[C@@H]1O. The van der Waals surface area contributed by atoms with Crippen LogP contribution in [0, 0.1) is 0 Å². The van der Waals surface area contributed by atoms with Crippen LogP contribution in [0.5, 0.6) is 0 Å². The Labute approximate surface area is 82.7 Å². The summed E-state index contributed by atoms with van der Waals surface area (Å²) in [4.78, 5) is 0. The smallest absolute Gasteiger partial charge is 0.219 e. The average Bonchev–Trinajstić information content (AvgIpc) is 2.18. The number of hydrogen-bond donors (Lipinski definition) is 5. The maximum absolute atomic E-state index is 9.57. The van der Waals surface area contributed by atoms with E-state index in [0.717, 1.165) is 13.1 Å². The van der Waals surface area contributed by atoms with Crippen molar-refractivity contribution in [3.63, 3.8) is 0 Å². The topological polar surface area (TPSA) is 114 Å². The highest BCUT2D eigenvalue weighted by Crippen LogP contribution is 2.17. The van der Waals surface area contributed by atoms with E-state index in [1.54, 1.807) is 12.2 Å². The van der Waals surface area contributed by atoms with Gasteiger partial charge in [-0.25, -0.2) is 0 Å². The van der Waals surface area contributed by atoms with Crippen LogP contribution < -0.4 is 11.1 Å². The highest BCUT2D eigenvalue weighted by molar-refractivity contribution is 4.86. The maximum atomic E-state index is 9.57. The van der Waals surface area contributed by atoms with E-state index >= 15 is 0 Å². The van der Waals surface area contributed by atoms with Gasteiger partial charge in [0.05, 0.1) is 6.10 Å². The van der Waals surface area contributed by atoms with Gasteiger partial charge in [0.25, 0.3) is 0 Å². The normalized spacial score (nSPS) is 43.9. The minimum Gasteiger partial charge on any atom is -0.388 e. The second kappa shape index (κ2) is 5.01. The van der Waals surface area contributed by atoms with E-state index in [1.165, 1.54) is 0 Å². The molecule has 0 saturated carbocycles. The molecule has 1 rings (SSSR count). The van der Waals surface area contributed by atoms with Crippen LogP contribution in [-0.2, 0) is 4.74 Å². The van der Waals surface area contributed by atoms with Gasteiger partial charge in [-0.1, -0.05) is 0 Å². The van der Waals surface area contributed by atoms with Crippen LogP contribution in [0.15, 0.2) is 0 Å². The summed E-state index contributed by atoms with van der Waals surface area (Å²) in [7, 11) is 0. The molecule has 1 aliphatic rings. The average molecular weight is 208 g/mol. The number of hydrogen-bond acceptors (Lipinski definition) is 4. The lowest BCUT2D eigenvalue weighted by Gasteiger charge is -2.37. The molecule has 0 aromatic rings. The van der Waals surface area contributed by atoms with E-state index in [0.29, 0.717) is 0 Å². The Balaban J connectivity index is 2.52. The largest absolute Gasteiger partial charge is 0.388 e. The number of ether oxygens (including phenoxy) is 1. The number of aliphatic hydroxyl groups excluding tert-OH is 3. The second-order valence-electron chi connectivity index (χ2n) is 3.66. The van der Waals surface area contributed by atoms with E-state index < -0.39 is 30.6 Å². The molecular formula is C8H20N2O4+2. The van der Waals surface area contributed by atoms with E-state index in [-0.39, 0.29) is 0 Å². The molecule has 0 spiro atoms. The van der Waals surface area contributed by atoms with Crippen LogP contribution >= 0.6 is 0 Å². The summed E-state index contributed by atoms with van der Waals surface area (Å²) in [6.07, 6.45) is -4.17. The zero-order valence-corrected chi connectivity index (χ0v) is 8.34. The molecule has 8 N–H and O–H groups in total. The van der Waals surface area contributed by atoms with Crippen LogP contribution in [0.2, 0.25) is 0 Å². The molecule has 1 fully saturated rings. The lowest BCUT2D eigenvalue weighted by atomic mass is 9.99. The van der Waals surface area contributed by atoms with Crippen LogP contribution in [-0.4, -0.2) is 59.1 Å². The van der Waals surface area contributed by atoms with Crippen molar-refractivity contribution in [2.75, 3.05) is 13.1 Å².